The molecular weight excluding hydrogens is 142 g/mol. The Hall–Kier alpha value is -1.03. The van der Waals surface area contributed by atoms with Crippen molar-refractivity contribution < 1.29 is 5.11 Å². The number of hydrogen-bond acceptors (Lipinski definition) is 3. The van der Waals surface area contributed by atoms with Gasteiger partial charge in [-0.05, 0) is 6.92 Å². The Balaban J connectivity index is 2.44. The number of aryl methyl sites for hydroxylation is 1. The Labute approximate surface area is 65.8 Å². The zero-order chi connectivity index (χ0) is 8.10. The van der Waals surface area contributed by atoms with Crippen molar-refractivity contribution in [3.63, 3.8) is 0 Å². The Morgan fingerprint density at radius 2 is 2.55 bits per heavy atom. The first-order chi connectivity index (χ1) is 5.36. The van der Waals surface area contributed by atoms with E-state index in [2.05, 4.69) is 10.4 Å². The lowest BCUT2D eigenvalue weighted by molar-refractivity contribution is 0.311. The van der Waals surface area contributed by atoms with Gasteiger partial charge in [-0.15, -0.1) is 0 Å². The number of hydrogen-bond donors (Lipinski definition) is 2. The van der Waals surface area contributed by atoms with E-state index in [1.165, 1.54) is 0 Å². The Kier molecular flexibility index (Phi) is 2.92. The maximum absolute atomic E-state index is 8.49. The molecule has 0 spiro atoms. The van der Waals surface area contributed by atoms with Crippen LogP contribution in [0.4, 0.5) is 5.82 Å². The third-order valence-corrected chi connectivity index (χ3v) is 1.38. The van der Waals surface area contributed by atoms with Crippen LogP contribution in [0.3, 0.4) is 0 Å². The van der Waals surface area contributed by atoms with E-state index in [1.807, 2.05) is 23.9 Å². The summed E-state index contributed by atoms with van der Waals surface area (Å²) in [7, 11) is 0. The summed E-state index contributed by atoms with van der Waals surface area (Å²) in [6.45, 7) is 3.60. The second-order valence-electron chi connectivity index (χ2n) is 2.21. The molecule has 0 saturated carbocycles. The lowest BCUT2D eigenvalue weighted by atomic mass is 10.6. The van der Waals surface area contributed by atoms with E-state index in [0.717, 1.165) is 12.4 Å². The fourth-order valence-electron chi connectivity index (χ4n) is 0.816. The Morgan fingerprint density at radius 1 is 1.73 bits per heavy atom. The van der Waals surface area contributed by atoms with Gasteiger partial charge in [0.05, 0.1) is 6.61 Å². The van der Waals surface area contributed by atoms with Gasteiger partial charge in [0.2, 0.25) is 0 Å². The van der Waals surface area contributed by atoms with Crippen molar-refractivity contribution in [1.82, 2.24) is 9.78 Å². The zero-order valence-corrected chi connectivity index (χ0v) is 6.62. The summed E-state index contributed by atoms with van der Waals surface area (Å²) in [5.41, 5.74) is 0. The summed E-state index contributed by atoms with van der Waals surface area (Å²) in [6, 6.07) is 1.89. The molecule has 62 valence electrons. The van der Waals surface area contributed by atoms with E-state index in [1.54, 1.807) is 0 Å². The van der Waals surface area contributed by atoms with E-state index in [-0.39, 0.29) is 6.61 Å². The fourth-order valence-corrected chi connectivity index (χ4v) is 0.816. The molecule has 0 unspecified atom stereocenters. The van der Waals surface area contributed by atoms with Gasteiger partial charge in [-0.1, -0.05) is 0 Å². The Morgan fingerprint density at radius 3 is 3.09 bits per heavy atom. The number of aliphatic hydroxyl groups excluding tert-OH is 1. The van der Waals surface area contributed by atoms with Crippen molar-refractivity contribution >= 4 is 5.82 Å². The third-order valence-electron chi connectivity index (χ3n) is 1.38. The summed E-state index contributed by atoms with van der Waals surface area (Å²) in [5, 5.41) is 15.6. The van der Waals surface area contributed by atoms with Crippen molar-refractivity contribution in [3.05, 3.63) is 12.3 Å². The van der Waals surface area contributed by atoms with Gasteiger partial charge in [0.1, 0.15) is 5.82 Å². The number of rotatable bonds is 4. The molecule has 4 heteroatoms. The zero-order valence-electron chi connectivity index (χ0n) is 6.62. The van der Waals surface area contributed by atoms with Crippen LogP contribution >= 0.6 is 0 Å². The molecule has 1 heterocycles. The molecule has 0 saturated heterocycles. The minimum atomic E-state index is 0.138. The predicted molar refractivity (Wildman–Crippen MR) is 43.5 cm³/mol. The highest BCUT2D eigenvalue weighted by Gasteiger charge is 1.93. The van der Waals surface area contributed by atoms with E-state index in [9.17, 15) is 0 Å². The van der Waals surface area contributed by atoms with Crippen molar-refractivity contribution in [1.29, 1.82) is 0 Å². The molecule has 0 aliphatic heterocycles. The van der Waals surface area contributed by atoms with Crippen molar-refractivity contribution in [2.45, 2.75) is 13.5 Å². The monoisotopic (exact) mass is 155 g/mol. The highest BCUT2D eigenvalue weighted by molar-refractivity contribution is 5.31. The van der Waals surface area contributed by atoms with Gasteiger partial charge in [0, 0.05) is 25.4 Å². The van der Waals surface area contributed by atoms with Gasteiger partial charge in [-0.3, -0.25) is 4.68 Å². The van der Waals surface area contributed by atoms with E-state index in [4.69, 9.17) is 5.11 Å². The van der Waals surface area contributed by atoms with Crippen LogP contribution in [0.15, 0.2) is 12.3 Å². The van der Waals surface area contributed by atoms with Crippen LogP contribution in [0.5, 0.6) is 0 Å². The number of nitrogens with zero attached hydrogens (tertiary/aromatic N) is 2. The second kappa shape index (κ2) is 3.98. The van der Waals surface area contributed by atoms with E-state index < -0.39 is 0 Å². The summed E-state index contributed by atoms with van der Waals surface area (Å²) in [4.78, 5) is 0. The summed E-state index contributed by atoms with van der Waals surface area (Å²) in [5.74, 6) is 0.820. The average Bonchev–Trinajstić information content (AvgIpc) is 2.48. The summed E-state index contributed by atoms with van der Waals surface area (Å²) in [6.07, 6.45) is 1.90. The largest absolute Gasteiger partial charge is 0.395 e. The van der Waals surface area contributed by atoms with Gasteiger partial charge in [-0.25, -0.2) is 0 Å². The topological polar surface area (TPSA) is 50.1 Å². The first-order valence-corrected chi connectivity index (χ1v) is 3.75. The SMILES string of the molecule is CCn1ccc(NCCO)n1. The third kappa shape index (κ3) is 2.23. The highest BCUT2D eigenvalue weighted by atomic mass is 16.3. The lowest BCUT2D eigenvalue weighted by Crippen LogP contribution is -2.06. The number of anilines is 1. The highest BCUT2D eigenvalue weighted by Crippen LogP contribution is 2.00. The number of nitrogens with one attached hydrogen (secondary N) is 1. The first kappa shape index (κ1) is 8.07. The van der Waals surface area contributed by atoms with Crippen LogP contribution in [-0.4, -0.2) is 28.0 Å². The van der Waals surface area contributed by atoms with Crippen LogP contribution < -0.4 is 5.32 Å². The summed E-state index contributed by atoms with van der Waals surface area (Å²) >= 11 is 0. The molecule has 0 aliphatic rings. The second-order valence-corrected chi connectivity index (χ2v) is 2.21. The molecule has 0 aliphatic carbocycles. The standard InChI is InChI=1S/C7H13N3O/c1-2-10-5-3-7(9-10)8-4-6-11/h3,5,11H,2,4,6H2,1H3,(H,8,9). The van der Waals surface area contributed by atoms with Gasteiger partial charge in [0.15, 0.2) is 0 Å². The molecule has 2 N–H and O–H groups in total. The quantitative estimate of drug-likeness (QED) is 0.657. The maximum atomic E-state index is 8.49. The molecule has 1 rings (SSSR count). The average molecular weight is 155 g/mol. The molecular formula is C7H13N3O. The molecule has 0 amide bonds. The van der Waals surface area contributed by atoms with Crippen LogP contribution in [0.2, 0.25) is 0 Å². The molecule has 0 bridgehead atoms. The van der Waals surface area contributed by atoms with Crippen molar-refractivity contribution in [3.8, 4) is 0 Å². The number of aliphatic hydroxyl groups is 1. The molecule has 0 aromatic carbocycles. The van der Waals surface area contributed by atoms with Crippen LogP contribution in [0, 0.1) is 0 Å². The predicted octanol–water partition coefficient (Wildman–Crippen LogP) is 0.307. The molecule has 0 atom stereocenters. The van der Waals surface area contributed by atoms with E-state index in [0.29, 0.717) is 6.54 Å². The van der Waals surface area contributed by atoms with Crippen LogP contribution in [0.25, 0.3) is 0 Å². The van der Waals surface area contributed by atoms with E-state index >= 15 is 0 Å². The minimum absolute atomic E-state index is 0.138. The van der Waals surface area contributed by atoms with Gasteiger partial charge < -0.3 is 10.4 Å². The summed E-state index contributed by atoms with van der Waals surface area (Å²) < 4.78 is 1.83. The molecule has 1 aromatic rings. The smallest absolute Gasteiger partial charge is 0.148 e. The maximum Gasteiger partial charge on any atom is 0.148 e. The minimum Gasteiger partial charge on any atom is -0.395 e. The molecule has 11 heavy (non-hydrogen) atoms. The van der Waals surface area contributed by atoms with Crippen molar-refractivity contribution in [2.75, 3.05) is 18.5 Å². The molecule has 0 radical (unpaired) electrons. The number of aromatic nitrogens is 2. The van der Waals surface area contributed by atoms with Crippen LogP contribution in [-0.2, 0) is 6.54 Å². The van der Waals surface area contributed by atoms with Gasteiger partial charge in [-0.2, -0.15) is 5.10 Å². The molecule has 4 nitrogen and oxygen atoms in total. The fraction of sp³-hybridized carbons (Fsp3) is 0.571. The van der Waals surface area contributed by atoms with Gasteiger partial charge in [0.25, 0.3) is 0 Å². The lowest BCUT2D eigenvalue weighted by Gasteiger charge is -1.97. The molecule has 1 aromatic heterocycles. The van der Waals surface area contributed by atoms with Crippen molar-refractivity contribution in [2.24, 2.45) is 0 Å². The molecule has 0 fully saturated rings. The normalized spacial score (nSPS) is 10.0. The van der Waals surface area contributed by atoms with Gasteiger partial charge >= 0.3 is 0 Å². The Bertz CT molecular complexity index is 209. The van der Waals surface area contributed by atoms with Crippen LogP contribution in [0.1, 0.15) is 6.92 Å². The first-order valence-electron chi connectivity index (χ1n) is 3.75.